The number of rotatable bonds is 1. The van der Waals surface area contributed by atoms with E-state index in [9.17, 15) is 9.59 Å². The van der Waals surface area contributed by atoms with E-state index >= 15 is 0 Å². The molecule has 0 saturated carbocycles. The third kappa shape index (κ3) is 3.67. The number of carbonyl (C=O) groups excluding carboxylic acids is 1. The molecule has 1 N–H and O–H groups in total. The number of benzene rings is 1. The number of carbonyl (C=O) groups is 2. The monoisotopic (exact) mass is 341 g/mol. The van der Waals surface area contributed by atoms with Crippen LogP contribution >= 0.6 is 35.0 Å². The highest BCUT2D eigenvalue weighted by Crippen LogP contribution is 2.09. The second-order valence-electron chi connectivity index (χ2n) is 2.66. The summed E-state index contributed by atoms with van der Waals surface area (Å²) < 4.78 is 0.896. The van der Waals surface area contributed by atoms with Gasteiger partial charge in [-0.3, -0.25) is 4.79 Å². The van der Waals surface area contributed by atoms with Crippen molar-refractivity contribution >= 4 is 47.0 Å². The van der Waals surface area contributed by atoms with E-state index in [4.69, 9.17) is 5.11 Å². The first-order chi connectivity index (χ1) is 6.52. The summed E-state index contributed by atoms with van der Waals surface area (Å²) in [4.78, 5) is 22.6. The standard InChI is InChI=1S/C9H8INO3.ClH/c1-11(9(13)14)8(12)6-3-2-4-7(10)5-6;/h2-5H,1H3,(H,13,14);1H. The molecule has 82 valence electrons. The molecule has 1 aromatic carbocycles. The maximum Gasteiger partial charge on any atom is 0.414 e. The molecule has 1 aromatic rings. The highest BCUT2D eigenvalue weighted by atomic mass is 127. The fourth-order valence-electron chi connectivity index (χ4n) is 0.902. The number of halogens is 2. The van der Waals surface area contributed by atoms with Crippen molar-refractivity contribution in [2.45, 2.75) is 0 Å². The van der Waals surface area contributed by atoms with Gasteiger partial charge in [-0.05, 0) is 40.8 Å². The molecule has 4 nitrogen and oxygen atoms in total. The molecule has 1 rings (SSSR count). The summed E-state index contributed by atoms with van der Waals surface area (Å²) in [7, 11) is 1.23. The van der Waals surface area contributed by atoms with Crippen molar-refractivity contribution in [2.24, 2.45) is 0 Å². The number of hydrogen-bond donors (Lipinski definition) is 1. The maximum absolute atomic E-state index is 11.5. The zero-order chi connectivity index (χ0) is 10.7. The van der Waals surface area contributed by atoms with E-state index in [2.05, 4.69) is 22.6 Å². The molecular weight excluding hydrogens is 332 g/mol. The first-order valence-electron chi connectivity index (χ1n) is 3.79. The Morgan fingerprint density at radius 2 is 2.00 bits per heavy atom. The van der Waals surface area contributed by atoms with Crippen molar-refractivity contribution in [1.29, 1.82) is 0 Å². The minimum atomic E-state index is -1.26. The average molecular weight is 342 g/mol. The van der Waals surface area contributed by atoms with Crippen molar-refractivity contribution < 1.29 is 14.7 Å². The van der Waals surface area contributed by atoms with Crippen LogP contribution in [0.15, 0.2) is 24.3 Å². The molecule has 0 radical (unpaired) electrons. The lowest BCUT2D eigenvalue weighted by atomic mass is 10.2. The highest BCUT2D eigenvalue weighted by Gasteiger charge is 2.16. The molecule has 0 heterocycles. The Morgan fingerprint density at radius 1 is 1.40 bits per heavy atom. The Labute approximate surface area is 107 Å². The van der Waals surface area contributed by atoms with E-state index in [1.54, 1.807) is 18.2 Å². The molecule has 0 spiro atoms. The van der Waals surface area contributed by atoms with Crippen LogP contribution < -0.4 is 0 Å². The van der Waals surface area contributed by atoms with Crippen LogP contribution in [-0.4, -0.2) is 29.1 Å². The lowest BCUT2D eigenvalue weighted by molar-refractivity contribution is 0.0781. The molecule has 0 atom stereocenters. The zero-order valence-electron chi connectivity index (χ0n) is 7.81. The van der Waals surface area contributed by atoms with Crippen LogP contribution in [0.25, 0.3) is 0 Å². The summed E-state index contributed by atoms with van der Waals surface area (Å²) in [5.74, 6) is -0.518. The Hall–Kier alpha value is -0.820. The van der Waals surface area contributed by atoms with Crippen molar-refractivity contribution in [1.82, 2.24) is 4.90 Å². The van der Waals surface area contributed by atoms with Gasteiger partial charge >= 0.3 is 6.09 Å². The Balaban J connectivity index is 0.00000196. The van der Waals surface area contributed by atoms with Crippen LogP contribution in [0.5, 0.6) is 0 Å². The lowest BCUT2D eigenvalue weighted by Gasteiger charge is -2.10. The molecule has 6 heteroatoms. The molecule has 0 fully saturated rings. The first kappa shape index (κ1) is 14.2. The van der Waals surface area contributed by atoms with Gasteiger partial charge < -0.3 is 5.11 Å². The quantitative estimate of drug-likeness (QED) is 0.798. The van der Waals surface area contributed by atoms with Crippen molar-refractivity contribution in [2.75, 3.05) is 7.05 Å². The minimum Gasteiger partial charge on any atom is -0.465 e. The average Bonchev–Trinajstić information content (AvgIpc) is 2.15. The predicted octanol–water partition coefficient (Wildman–Crippen LogP) is 2.46. The second-order valence-corrected chi connectivity index (χ2v) is 3.90. The van der Waals surface area contributed by atoms with Crippen molar-refractivity contribution in [3.8, 4) is 0 Å². The molecule has 0 bridgehead atoms. The minimum absolute atomic E-state index is 0. The molecule has 0 aliphatic carbocycles. The van der Waals surface area contributed by atoms with E-state index in [-0.39, 0.29) is 12.4 Å². The first-order valence-corrected chi connectivity index (χ1v) is 4.87. The predicted molar refractivity (Wildman–Crippen MR) is 66.5 cm³/mol. The molecule has 0 aliphatic rings. The van der Waals surface area contributed by atoms with Gasteiger partial charge in [0.05, 0.1) is 0 Å². The van der Waals surface area contributed by atoms with Gasteiger partial charge in [-0.2, -0.15) is 0 Å². The molecule has 0 aliphatic heterocycles. The van der Waals surface area contributed by atoms with Crippen molar-refractivity contribution in [3.05, 3.63) is 33.4 Å². The molecule has 0 saturated heterocycles. The molecule has 0 unspecified atom stereocenters. The summed E-state index contributed by atoms with van der Waals surface area (Å²) in [5.41, 5.74) is 0.377. The van der Waals surface area contributed by atoms with Crippen LogP contribution in [0.1, 0.15) is 10.4 Å². The molecule has 15 heavy (non-hydrogen) atoms. The van der Waals surface area contributed by atoms with Crippen LogP contribution in [0.4, 0.5) is 4.79 Å². The Kier molecular flexibility index (Phi) is 5.59. The van der Waals surface area contributed by atoms with Crippen LogP contribution in [-0.2, 0) is 0 Å². The number of nitrogens with zero attached hydrogens (tertiary/aromatic N) is 1. The van der Waals surface area contributed by atoms with E-state index in [0.29, 0.717) is 10.5 Å². The smallest absolute Gasteiger partial charge is 0.414 e. The second kappa shape index (κ2) is 5.92. The summed E-state index contributed by atoms with van der Waals surface area (Å²) in [5, 5.41) is 8.59. The van der Waals surface area contributed by atoms with Gasteiger partial charge in [-0.15, -0.1) is 12.4 Å². The largest absolute Gasteiger partial charge is 0.465 e. The molecule has 2 amide bonds. The highest BCUT2D eigenvalue weighted by molar-refractivity contribution is 14.1. The van der Waals surface area contributed by atoms with Gasteiger partial charge in [0.1, 0.15) is 0 Å². The zero-order valence-corrected chi connectivity index (χ0v) is 10.8. The topological polar surface area (TPSA) is 57.6 Å². The molecule has 0 aromatic heterocycles. The number of amides is 2. The lowest BCUT2D eigenvalue weighted by Crippen LogP contribution is -2.31. The summed E-state index contributed by atoms with van der Waals surface area (Å²) in [6.07, 6.45) is -1.26. The van der Waals surface area contributed by atoms with Crippen LogP contribution in [0.2, 0.25) is 0 Å². The van der Waals surface area contributed by atoms with Gasteiger partial charge in [0.15, 0.2) is 0 Å². The SMILES string of the molecule is CN(C(=O)O)C(=O)c1cccc(I)c1.Cl. The van der Waals surface area contributed by atoms with Gasteiger partial charge in [0, 0.05) is 16.2 Å². The van der Waals surface area contributed by atoms with Gasteiger partial charge in [0.25, 0.3) is 5.91 Å². The Morgan fingerprint density at radius 3 is 2.47 bits per heavy atom. The van der Waals surface area contributed by atoms with Gasteiger partial charge in [-0.1, -0.05) is 6.07 Å². The fourth-order valence-corrected chi connectivity index (χ4v) is 1.45. The normalized spacial score (nSPS) is 8.93. The van der Waals surface area contributed by atoms with Crippen molar-refractivity contribution in [3.63, 3.8) is 0 Å². The van der Waals surface area contributed by atoms with Crippen LogP contribution in [0, 0.1) is 3.57 Å². The number of carboxylic acid groups (broad SMARTS) is 1. The van der Waals surface area contributed by atoms with Gasteiger partial charge in [-0.25, -0.2) is 9.69 Å². The third-order valence-corrected chi connectivity index (χ3v) is 2.33. The fraction of sp³-hybridized carbons (Fsp3) is 0.111. The molecular formula is C9H9ClINO3. The third-order valence-electron chi connectivity index (χ3n) is 1.66. The van der Waals surface area contributed by atoms with E-state index in [1.807, 2.05) is 6.07 Å². The van der Waals surface area contributed by atoms with E-state index in [0.717, 1.165) is 3.57 Å². The summed E-state index contributed by atoms with van der Waals surface area (Å²) >= 11 is 2.06. The Bertz CT molecular complexity index is 383. The summed E-state index contributed by atoms with van der Waals surface area (Å²) in [6, 6.07) is 6.77. The summed E-state index contributed by atoms with van der Waals surface area (Å²) in [6.45, 7) is 0. The number of hydrogen-bond acceptors (Lipinski definition) is 2. The van der Waals surface area contributed by atoms with Crippen LogP contribution in [0.3, 0.4) is 0 Å². The van der Waals surface area contributed by atoms with Gasteiger partial charge in [0.2, 0.25) is 0 Å². The van der Waals surface area contributed by atoms with E-state index < -0.39 is 12.0 Å². The van der Waals surface area contributed by atoms with E-state index in [1.165, 1.54) is 7.05 Å². The number of imide groups is 1. The maximum atomic E-state index is 11.5.